The Labute approximate surface area is 129 Å². The second-order valence-corrected chi connectivity index (χ2v) is 10.1. The van der Waals surface area contributed by atoms with E-state index >= 15 is 0 Å². The number of benzene rings is 2. The highest BCUT2D eigenvalue weighted by Crippen LogP contribution is 1.99. The van der Waals surface area contributed by atoms with Gasteiger partial charge in [-0.3, -0.25) is 0 Å². The van der Waals surface area contributed by atoms with E-state index in [1.165, 1.54) is 36.4 Å². The van der Waals surface area contributed by atoms with Crippen LogP contribution < -0.4 is 20.2 Å². The summed E-state index contributed by atoms with van der Waals surface area (Å²) in [6.07, 6.45) is 0. The van der Waals surface area contributed by atoms with Crippen LogP contribution in [0.3, 0.4) is 0 Å². The van der Waals surface area contributed by atoms with E-state index in [1.807, 2.05) is 0 Å². The Morgan fingerprint density at radius 2 is 1.38 bits per heavy atom. The van der Waals surface area contributed by atoms with Gasteiger partial charge >= 0.3 is 30.4 Å². The van der Waals surface area contributed by atoms with Gasteiger partial charge in [0, 0.05) is 0 Å². The maximum absolute atomic E-state index is 14.0. The third-order valence-corrected chi connectivity index (χ3v) is 9.53. The Hall–Kier alpha value is -1.32. The van der Waals surface area contributed by atoms with Gasteiger partial charge in [0.25, 0.3) is 0 Å². The molecule has 0 aliphatic carbocycles. The molecule has 0 aromatic heterocycles. The number of hydrogen-bond acceptors (Lipinski definition) is 3. The van der Waals surface area contributed by atoms with Crippen molar-refractivity contribution in [1.82, 2.24) is 0 Å². The zero-order chi connectivity index (χ0) is 15.5. The van der Waals surface area contributed by atoms with Gasteiger partial charge in [0.2, 0.25) is 7.14 Å². The summed E-state index contributed by atoms with van der Waals surface area (Å²) < 4.78 is 56.4. The van der Waals surface area contributed by atoms with Gasteiger partial charge in [-0.15, -0.1) is 0 Å². The minimum Gasteiger partial charge on any atom is -0.202 e. The van der Waals surface area contributed by atoms with Crippen LogP contribution in [0.25, 0.3) is 0 Å². The van der Waals surface area contributed by atoms with Crippen LogP contribution in [0.15, 0.2) is 60.5 Å². The highest BCUT2D eigenvalue weighted by Gasteiger charge is 2.40. The van der Waals surface area contributed by atoms with Crippen molar-refractivity contribution in [2.45, 2.75) is 0 Å². The average Bonchev–Trinajstić information content (AvgIpc) is 2.46. The maximum atomic E-state index is 14.0. The third-order valence-electron chi connectivity index (χ3n) is 2.37. The molecule has 111 valence electrons. The van der Waals surface area contributed by atoms with Gasteiger partial charge < -0.3 is 0 Å². The van der Waals surface area contributed by atoms with Gasteiger partial charge in [0.05, 0.1) is 5.41 Å². The molecule has 21 heavy (non-hydrogen) atoms. The summed E-state index contributed by atoms with van der Waals surface area (Å²) in [5.74, 6) is -1.24. The van der Waals surface area contributed by atoms with Crippen LogP contribution in [0, 0.1) is 18.8 Å². The van der Waals surface area contributed by atoms with Crippen LogP contribution in [0.2, 0.25) is 0 Å². The number of rotatable bonds is 5. The summed E-state index contributed by atoms with van der Waals surface area (Å²) in [6.45, 7) is 3.14. The topological polar surface area (TPSA) is 43.4 Å². The number of hydrogen-bond donors (Lipinski definition) is 0. The lowest BCUT2D eigenvalue weighted by molar-refractivity contribution is -1.03. The van der Waals surface area contributed by atoms with Crippen LogP contribution in [-0.2, 0) is 12.6 Å². The van der Waals surface area contributed by atoms with Crippen LogP contribution >= 0.6 is 0 Å². The van der Waals surface area contributed by atoms with Gasteiger partial charge in [0.15, 0.2) is 11.6 Å². The van der Waals surface area contributed by atoms with Crippen molar-refractivity contribution >= 4 is 10.1 Å². The average molecular weight is 424 g/mol. The largest absolute Gasteiger partial charge is 0.330 e. The van der Waals surface area contributed by atoms with Gasteiger partial charge in [-0.25, -0.2) is 8.78 Å². The van der Waals surface area contributed by atoms with Gasteiger partial charge in [0.1, 0.15) is 0 Å². The molecule has 3 nitrogen and oxygen atoms in total. The fourth-order valence-electron chi connectivity index (χ4n) is 1.45. The first-order valence-electron chi connectivity index (χ1n) is 5.71. The zero-order valence-corrected chi connectivity index (χ0v) is 13.6. The molecule has 0 saturated heterocycles. The molecule has 7 heteroatoms. The van der Waals surface area contributed by atoms with Crippen LogP contribution in [-0.4, -0.2) is 8.42 Å². The van der Waals surface area contributed by atoms with Crippen LogP contribution in [0.1, 0.15) is 0 Å². The van der Waals surface area contributed by atoms with E-state index in [-0.39, 0.29) is 7.14 Å². The van der Waals surface area contributed by atoms with Gasteiger partial charge in [-0.2, -0.15) is 8.42 Å². The summed E-state index contributed by atoms with van der Waals surface area (Å²) in [5.41, 5.74) is 0. The van der Waals surface area contributed by atoms with E-state index < -0.39 is 42.0 Å². The zero-order valence-electron chi connectivity index (χ0n) is 10.7. The molecule has 0 fully saturated rings. The van der Waals surface area contributed by atoms with E-state index in [1.54, 1.807) is 12.1 Å². The fraction of sp³-hybridized carbons (Fsp3) is 0. The highest BCUT2D eigenvalue weighted by atomic mass is 127. The molecule has 0 aliphatic heterocycles. The Morgan fingerprint density at radius 1 is 0.952 bits per heavy atom. The molecule has 0 aliphatic rings. The maximum Gasteiger partial charge on any atom is 0.330 e. The van der Waals surface area contributed by atoms with Crippen LogP contribution in [0.5, 0.6) is 0 Å². The molecule has 0 N–H and O–H groups in total. The molecule has 2 rings (SSSR count). The lowest BCUT2D eigenvalue weighted by Gasteiger charge is -2.05. The lowest BCUT2D eigenvalue weighted by Crippen LogP contribution is -3.86. The second kappa shape index (κ2) is 6.63. The highest BCUT2D eigenvalue weighted by molar-refractivity contribution is 7.89. The van der Waals surface area contributed by atoms with Crippen molar-refractivity contribution < 1.29 is 39.9 Å². The number of halogens is 3. The Morgan fingerprint density at radius 3 is 1.76 bits per heavy atom. The van der Waals surface area contributed by atoms with E-state index in [2.05, 4.69) is 6.58 Å². The molecule has 0 atom stereocenters. The minimum absolute atomic E-state index is 0.0808. The predicted octanol–water partition coefficient (Wildman–Crippen LogP) is 0.0338. The standard InChI is InChI=1S/C14H11F2IO3S/c1-2-21(18,19)20-17(13-9-5-3-7-11(13)15)14-10-6-4-8-12(14)16/h2-10H,1H2/q+1. The van der Waals surface area contributed by atoms with E-state index in [4.69, 9.17) is 2.51 Å². The molecule has 0 saturated carbocycles. The Kier molecular flexibility index (Phi) is 5.07. The Bertz CT molecular complexity index is 717. The summed E-state index contributed by atoms with van der Waals surface area (Å²) in [7, 11) is -4.05. The molecular formula is C14H11F2IO3S+. The van der Waals surface area contributed by atoms with Gasteiger partial charge in [-0.1, -0.05) is 30.8 Å². The normalized spacial score (nSPS) is 11.6. The first-order chi connectivity index (χ1) is 9.94. The van der Waals surface area contributed by atoms with Crippen molar-refractivity contribution in [2.75, 3.05) is 0 Å². The fourth-order valence-corrected chi connectivity index (χ4v) is 7.91. The smallest absolute Gasteiger partial charge is 0.202 e. The van der Waals surface area contributed by atoms with Crippen LogP contribution in [0.4, 0.5) is 8.78 Å². The molecule has 0 unspecified atom stereocenters. The van der Waals surface area contributed by atoms with Gasteiger partial charge in [-0.05, 0) is 26.8 Å². The van der Waals surface area contributed by atoms with Crippen molar-refractivity contribution in [3.8, 4) is 0 Å². The molecule has 0 bridgehead atoms. The molecule has 0 heterocycles. The quantitative estimate of drug-likeness (QED) is 0.637. The SMILES string of the molecule is C=CS(=O)(=O)O[I+](c1ccccc1F)c1ccccc1F. The van der Waals surface area contributed by atoms with E-state index in [0.29, 0.717) is 5.41 Å². The van der Waals surface area contributed by atoms with Crippen molar-refractivity contribution in [3.05, 3.63) is 79.3 Å². The summed E-state index contributed by atoms with van der Waals surface area (Å²) >= 11 is -3.29. The summed E-state index contributed by atoms with van der Waals surface area (Å²) in [5, 5.41) is 0.624. The molecule has 0 spiro atoms. The summed E-state index contributed by atoms with van der Waals surface area (Å²) in [6, 6.07) is 11.2. The van der Waals surface area contributed by atoms with Crippen molar-refractivity contribution in [3.63, 3.8) is 0 Å². The molecule has 2 aromatic carbocycles. The first-order valence-corrected chi connectivity index (χ1v) is 10.2. The lowest BCUT2D eigenvalue weighted by atomic mass is 10.4. The minimum atomic E-state index is -4.05. The first kappa shape index (κ1) is 16.1. The predicted molar refractivity (Wildman–Crippen MR) is 70.4 cm³/mol. The monoisotopic (exact) mass is 424 g/mol. The second-order valence-electron chi connectivity index (χ2n) is 3.80. The molecule has 2 aromatic rings. The molecule has 0 amide bonds. The third kappa shape index (κ3) is 3.86. The summed E-state index contributed by atoms with van der Waals surface area (Å²) in [4.78, 5) is 0. The molecule has 1 radical (unpaired) electrons. The molecular weight excluding hydrogens is 413 g/mol. The Balaban J connectivity index is 2.58. The van der Waals surface area contributed by atoms with Crippen molar-refractivity contribution in [1.29, 1.82) is 0 Å². The van der Waals surface area contributed by atoms with E-state index in [0.717, 1.165) is 0 Å². The van der Waals surface area contributed by atoms with E-state index in [9.17, 15) is 17.2 Å². The van der Waals surface area contributed by atoms with Crippen molar-refractivity contribution in [2.24, 2.45) is 0 Å².